The molecule has 1 aliphatic heterocycles. The highest BCUT2D eigenvalue weighted by molar-refractivity contribution is 7.71. The van der Waals surface area contributed by atoms with Crippen LogP contribution in [0.4, 0.5) is 0 Å². The molecule has 1 aromatic heterocycles. The van der Waals surface area contributed by atoms with E-state index in [1.165, 1.54) is 4.90 Å². The normalized spacial score (nSPS) is 13.2. The van der Waals surface area contributed by atoms with Crippen molar-refractivity contribution in [2.75, 3.05) is 6.54 Å². The molecule has 3 amide bonds. The minimum atomic E-state index is -0.318. The van der Waals surface area contributed by atoms with Crippen LogP contribution in [0.1, 0.15) is 39.4 Å². The first-order chi connectivity index (χ1) is 14.0. The Hall–Kier alpha value is -3.33. The number of imide groups is 1. The topological polar surface area (TPSA) is 100 Å². The zero-order chi connectivity index (χ0) is 20.5. The Balaban J connectivity index is 1.38. The molecule has 3 aromatic rings. The zero-order valence-electron chi connectivity index (χ0n) is 15.8. The molecule has 0 spiro atoms. The Labute approximate surface area is 171 Å². The van der Waals surface area contributed by atoms with Crippen LogP contribution in [-0.2, 0) is 18.4 Å². The molecule has 9 heteroatoms. The van der Waals surface area contributed by atoms with Crippen LogP contribution in [0.5, 0.6) is 0 Å². The largest absolute Gasteiger partial charge is 0.349 e. The number of H-pyrrole nitrogens is 1. The van der Waals surface area contributed by atoms with Crippen LogP contribution in [0.25, 0.3) is 10.8 Å². The predicted molar refractivity (Wildman–Crippen MR) is 109 cm³/mol. The van der Waals surface area contributed by atoms with Crippen LogP contribution in [0.15, 0.2) is 36.4 Å². The third kappa shape index (κ3) is 3.44. The Bertz CT molecular complexity index is 1150. The SMILES string of the molecule is Cn1c(CNC(=O)CCCN2C(=O)c3cccc4cccc(c34)C2=O)n[nH]c1=S. The van der Waals surface area contributed by atoms with E-state index in [2.05, 4.69) is 15.5 Å². The second kappa shape index (κ2) is 7.59. The van der Waals surface area contributed by atoms with Crippen LogP contribution < -0.4 is 5.32 Å². The van der Waals surface area contributed by atoms with Crippen LogP contribution in [0.2, 0.25) is 0 Å². The van der Waals surface area contributed by atoms with Gasteiger partial charge in [-0.2, -0.15) is 5.10 Å². The highest BCUT2D eigenvalue weighted by Crippen LogP contribution is 2.29. The Kier molecular flexibility index (Phi) is 4.98. The lowest BCUT2D eigenvalue weighted by atomic mass is 9.94. The third-order valence-corrected chi connectivity index (χ3v) is 5.42. The molecule has 2 heterocycles. The molecule has 1 aliphatic rings. The predicted octanol–water partition coefficient (Wildman–Crippen LogP) is 2.32. The second-order valence-electron chi connectivity index (χ2n) is 6.86. The number of benzene rings is 2. The summed E-state index contributed by atoms with van der Waals surface area (Å²) in [4.78, 5) is 39.0. The van der Waals surface area contributed by atoms with Crippen molar-refractivity contribution in [3.05, 3.63) is 58.1 Å². The van der Waals surface area contributed by atoms with Crippen LogP contribution in [0, 0.1) is 4.77 Å². The lowest BCUT2D eigenvalue weighted by Crippen LogP contribution is -2.41. The molecule has 0 radical (unpaired) electrons. The van der Waals surface area contributed by atoms with Gasteiger partial charge in [-0.25, -0.2) is 0 Å². The molecule has 2 aromatic carbocycles. The van der Waals surface area contributed by atoms with Gasteiger partial charge in [-0.15, -0.1) is 0 Å². The minimum Gasteiger partial charge on any atom is -0.349 e. The maximum absolute atomic E-state index is 12.8. The van der Waals surface area contributed by atoms with Gasteiger partial charge in [0.2, 0.25) is 5.91 Å². The van der Waals surface area contributed by atoms with Crippen LogP contribution >= 0.6 is 12.2 Å². The van der Waals surface area contributed by atoms with E-state index in [1.54, 1.807) is 23.7 Å². The Morgan fingerprint density at radius 1 is 1.14 bits per heavy atom. The fourth-order valence-electron chi connectivity index (χ4n) is 3.48. The van der Waals surface area contributed by atoms with Gasteiger partial charge in [0.15, 0.2) is 10.6 Å². The van der Waals surface area contributed by atoms with Gasteiger partial charge in [0.05, 0.1) is 6.54 Å². The number of hydrogen-bond donors (Lipinski definition) is 2. The summed E-state index contributed by atoms with van der Waals surface area (Å²) in [5.74, 6) is -0.199. The molecule has 4 rings (SSSR count). The van der Waals surface area contributed by atoms with Crippen molar-refractivity contribution in [3.8, 4) is 0 Å². The summed E-state index contributed by atoms with van der Waals surface area (Å²) in [5.41, 5.74) is 1.04. The molecule has 0 fully saturated rings. The molecular formula is C20H19N5O3S. The average Bonchev–Trinajstić information content (AvgIpc) is 3.05. The highest BCUT2D eigenvalue weighted by atomic mass is 32.1. The van der Waals surface area contributed by atoms with Crippen molar-refractivity contribution in [2.45, 2.75) is 19.4 Å². The first-order valence-corrected chi connectivity index (χ1v) is 9.63. The van der Waals surface area contributed by atoms with E-state index in [4.69, 9.17) is 12.2 Å². The van der Waals surface area contributed by atoms with E-state index in [-0.39, 0.29) is 37.2 Å². The molecule has 0 aliphatic carbocycles. The average molecular weight is 409 g/mol. The maximum atomic E-state index is 12.8. The van der Waals surface area contributed by atoms with E-state index in [1.807, 2.05) is 24.3 Å². The molecule has 0 saturated heterocycles. The summed E-state index contributed by atoms with van der Waals surface area (Å²) < 4.78 is 2.16. The summed E-state index contributed by atoms with van der Waals surface area (Å²) in [7, 11) is 1.76. The van der Waals surface area contributed by atoms with E-state index in [0.717, 1.165) is 5.39 Å². The molecule has 148 valence electrons. The van der Waals surface area contributed by atoms with Crippen LogP contribution in [-0.4, -0.2) is 43.9 Å². The summed E-state index contributed by atoms with van der Waals surface area (Å²) in [6.07, 6.45) is 0.568. The lowest BCUT2D eigenvalue weighted by Gasteiger charge is -2.27. The monoisotopic (exact) mass is 409 g/mol. The van der Waals surface area contributed by atoms with E-state index < -0.39 is 0 Å². The summed E-state index contributed by atoms with van der Waals surface area (Å²) in [5, 5.41) is 11.0. The highest BCUT2D eigenvalue weighted by Gasteiger charge is 2.32. The van der Waals surface area contributed by atoms with E-state index in [0.29, 0.717) is 33.5 Å². The van der Waals surface area contributed by atoms with Gasteiger partial charge in [-0.05, 0) is 36.2 Å². The number of amides is 3. The summed E-state index contributed by atoms with van der Waals surface area (Å²) in [6.45, 7) is 0.432. The number of carbonyl (C=O) groups is 3. The molecule has 2 N–H and O–H groups in total. The smallest absolute Gasteiger partial charge is 0.261 e. The van der Waals surface area contributed by atoms with Gasteiger partial charge in [-0.3, -0.25) is 24.4 Å². The number of hydrogen-bond acceptors (Lipinski definition) is 5. The Morgan fingerprint density at radius 3 is 2.38 bits per heavy atom. The van der Waals surface area contributed by atoms with E-state index >= 15 is 0 Å². The Morgan fingerprint density at radius 2 is 1.79 bits per heavy atom. The second-order valence-corrected chi connectivity index (χ2v) is 7.24. The molecule has 0 bridgehead atoms. The number of aromatic nitrogens is 3. The quantitative estimate of drug-likeness (QED) is 0.481. The number of rotatable bonds is 6. The molecule has 8 nitrogen and oxygen atoms in total. The zero-order valence-corrected chi connectivity index (χ0v) is 16.6. The third-order valence-electron chi connectivity index (χ3n) is 5.06. The van der Waals surface area contributed by atoms with E-state index in [9.17, 15) is 14.4 Å². The van der Waals surface area contributed by atoms with Gasteiger partial charge in [0.25, 0.3) is 11.8 Å². The number of aromatic amines is 1. The van der Waals surface area contributed by atoms with Gasteiger partial charge < -0.3 is 9.88 Å². The van der Waals surface area contributed by atoms with Gasteiger partial charge in [-0.1, -0.05) is 24.3 Å². The first-order valence-electron chi connectivity index (χ1n) is 9.22. The minimum absolute atomic E-state index is 0.182. The van der Waals surface area contributed by atoms with Gasteiger partial charge >= 0.3 is 0 Å². The lowest BCUT2D eigenvalue weighted by molar-refractivity contribution is -0.121. The maximum Gasteiger partial charge on any atom is 0.261 e. The van der Waals surface area contributed by atoms with Crippen molar-refractivity contribution in [2.24, 2.45) is 7.05 Å². The standard InChI is InChI=1S/C20H19N5O3S/c1-24-15(22-23-20(24)29)11-21-16(26)9-4-10-25-18(27)13-7-2-5-12-6-3-8-14(17(12)13)19(25)28/h2-3,5-8H,4,9-11H2,1H3,(H,21,26)(H,23,29). The van der Waals surface area contributed by atoms with Crippen molar-refractivity contribution in [1.29, 1.82) is 0 Å². The van der Waals surface area contributed by atoms with Crippen molar-refractivity contribution < 1.29 is 14.4 Å². The number of nitrogens with one attached hydrogen (secondary N) is 2. The van der Waals surface area contributed by atoms with Crippen molar-refractivity contribution in [1.82, 2.24) is 25.0 Å². The number of carbonyl (C=O) groups excluding carboxylic acids is 3. The van der Waals surface area contributed by atoms with Gasteiger partial charge in [0.1, 0.15) is 0 Å². The fourth-order valence-corrected chi connectivity index (χ4v) is 3.64. The molecule has 0 unspecified atom stereocenters. The van der Waals surface area contributed by atoms with Crippen molar-refractivity contribution >= 4 is 40.7 Å². The molecule has 0 saturated carbocycles. The molecular weight excluding hydrogens is 390 g/mol. The fraction of sp³-hybridized carbons (Fsp3) is 0.250. The first kappa shape index (κ1) is 19.0. The van der Waals surface area contributed by atoms with Crippen LogP contribution in [0.3, 0.4) is 0 Å². The van der Waals surface area contributed by atoms with Gasteiger partial charge in [0, 0.05) is 36.5 Å². The number of nitrogens with zero attached hydrogens (tertiary/aromatic N) is 3. The summed E-state index contributed by atoms with van der Waals surface area (Å²) >= 11 is 5.03. The van der Waals surface area contributed by atoms with Crippen molar-refractivity contribution in [3.63, 3.8) is 0 Å². The molecule has 0 atom stereocenters. The molecule has 29 heavy (non-hydrogen) atoms. The summed E-state index contributed by atoms with van der Waals surface area (Å²) in [6, 6.07) is 10.9.